The quantitative estimate of drug-likeness (QED) is 0.706. The van der Waals surface area contributed by atoms with E-state index in [2.05, 4.69) is 23.1 Å². The molecule has 0 unspecified atom stereocenters. The van der Waals surface area contributed by atoms with Crippen LogP contribution in [0.4, 0.5) is 23.1 Å². The first-order valence-corrected chi connectivity index (χ1v) is 7.96. The normalized spacial score (nSPS) is 10.3. The van der Waals surface area contributed by atoms with Crippen molar-refractivity contribution in [3.05, 3.63) is 84.6 Å². The zero-order valence-electron chi connectivity index (χ0n) is 14.2. The van der Waals surface area contributed by atoms with Crippen molar-refractivity contribution in [2.45, 2.75) is 6.92 Å². The summed E-state index contributed by atoms with van der Waals surface area (Å²) in [5.74, 6) is 0.986. The highest BCUT2D eigenvalue weighted by atomic mass is 15.3. The molecule has 0 aliphatic heterocycles. The van der Waals surface area contributed by atoms with E-state index in [0.29, 0.717) is 11.8 Å². The Hall–Kier alpha value is -3.40. The topological polar surface area (TPSA) is 55.0 Å². The van der Waals surface area contributed by atoms with E-state index < -0.39 is 0 Å². The summed E-state index contributed by atoms with van der Waals surface area (Å²) in [7, 11) is 0. The van der Waals surface area contributed by atoms with Gasteiger partial charge in [0.2, 0.25) is 5.95 Å². The third-order valence-electron chi connectivity index (χ3n) is 3.93. The van der Waals surface area contributed by atoms with Crippen molar-refractivity contribution in [2.75, 3.05) is 10.6 Å². The van der Waals surface area contributed by atoms with Crippen LogP contribution in [0.3, 0.4) is 0 Å². The highest BCUT2D eigenvalue weighted by Crippen LogP contribution is 2.33. The summed E-state index contributed by atoms with van der Waals surface area (Å²) in [6.45, 7) is 9.58. The van der Waals surface area contributed by atoms with Crippen molar-refractivity contribution >= 4 is 35.3 Å². The van der Waals surface area contributed by atoms with Gasteiger partial charge in [-0.25, -0.2) is 4.98 Å². The molecule has 0 amide bonds. The highest BCUT2D eigenvalue weighted by Gasteiger charge is 2.16. The van der Waals surface area contributed by atoms with Crippen LogP contribution in [0.15, 0.2) is 67.9 Å². The van der Waals surface area contributed by atoms with Crippen LogP contribution in [-0.4, -0.2) is 9.97 Å². The minimum atomic E-state index is 0.467. The van der Waals surface area contributed by atoms with Crippen molar-refractivity contribution < 1.29 is 0 Å². The molecule has 0 radical (unpaired) electrons. The second-order valence-electron chi connectivity index (χ2n) is 5.67. The number of hydrogen-bond donors (Lipinski definition) is 1. The molecule has 3 rings (SSSR count). The van der Waals surface area contributed by atoms with Crippen molar-refractivity contribution in [1.82, 2.24) is 9.97 Å². The van der Waals surface area contributed by atoms with Crippen LogP contribution in [0.5, 0.6) is 0 Å². The summed E-state index contributed by atoms with van der Waals surface area (Å²) < 4.78 is 0. The molecule has 2 N–H and O–H groups in total. The van der Waals surface area contributed by atoms with E-state index in [1.165, 1.54) is 0 Å². The van der Waals surface area contributed by atoms with Crippen LogP contribution in [0.2, 0.25) is 0 Å². The van der Waals surface area contributed by atoms with Gasteiger partial charge in [0.15, 0.2) is 0 Å². The maximum absolute atomic E-state index is 6.02. The number of rotatable bonds is 5. The van der Waals surface area contributed by atoms with Crippen LogP contribution in [0.25, 0.3) is 12.2 Å². The van der Waals surface area contributed by atoms with Gasteiger partial charge in [0.05, 0.1) is 0 Å². The second kappa shape index (κ2) is 7.01. The lowest BCUT2D eigenvalue weighted by Gasteiger charge is -2.24. The van der Waals surface area contributed by atoms with Gasteiger partial charge in [-0.2, -0.15) is 4.98 Å². The molecule has 0 aliphatic carbocycles. The summed E-state index contributed by atoms with van der Waals surface area (Å²) in [4.78, 5) is 10.9. The molecular weight excluding hydrogens is 308 g/mol. The van der Waals surface area contributed by atoms with Gasteiger partial charge in [-0.3, -0.25) is 4.90 Å². The Morgan fingerprint density at radius 2 is 1.52 bits per heavy atom. The summed E-state index contributed by atoms with van der Waals surface area (Å²) in [6.07, 6.45) is 5.36. The molecular formula is C21H20N4. The van der Waals surface area contributed by atoms with Gasteiger partial charge in [-0.1, -0.05) is 49.6 Å². The first kappa shape index (κ1) is 16.5. The van der Waals surface area contributed by atoms with Gasteiger partial charge in [0, 0.05) is 23.1 Å². The predicted octanol–water partition coefficient (Wildman–Crippen LogP) is 5.12. The van der Waals surface area contributed by atoms with E-state index in [0.717, 1.165) is 28.1 Å². The Balaban J connectivity index is 2.20. The molecule has 124 valence electrons. The predicted molar refractivity (Wildman–Crippen MR) is 106 cm³/mol. The Bertz CT molecular complexity index is 879. The maximum atomic E-state index is 6.02. The molecule has 1 aromatic heterocycles. The molecule has 4 heteroatoms. The molecule has 0 fully saturated rings. The number of nitrogens with zero attached hydrogens (tertiary/aromatic N) is 3. The zero-order chi connectivity index (χ0) is 17.8. The van der Waals surface area contributed by atoms with Crippen LogP contribution < -0.4 is 10.6 Å². The SMILES string of the molecule is C=Cc1cccc(N(c2cccc(C=C)c2)c2ncc(C)c(N)n2)c1. The third-order valence-corrected chi connectivity index (χ3v) is 3.93. The van der Waals surface area contributed by atoms with E-state index in [1.807, 2.05) is 72.5 Å². The number of nitrogen functional groups attached to an aromatic ring is 1. The molecule has 3 aromatic rings. The average molecular weight is 328 g/mol. The van der Waals surface area contributed by atoms with Crippen molar-refractivity contribution in [1.29, 1.82) is 0 Å². The van der Waals surface area contributed by atoms with Gasteiger partial charge >= 0.3 is 0 Å². The molecule has 0 saturated heterocycles. The van der Waals surface area contributed by atoms with Crippen LogP contribution in [-0.2, 0) is 0 Å². The standard InChI is InChI=1S/C21H20N4/c1-4-16-8-6-10-18(12-16)25(19-11-7-9-17(5-2)13-19)21-23-14-15(3)20(22)24-21/h4-14H,1-2H2,3H3,(H2,22,23,24). The van der Waals surface area contributed by atoms with E-state index in [1.54, 1.807) is 6.20 Å². The van der Waals surface area contributed by atoms with E-state index in [-0.39, 0.29) is 0 Å². The summed E-state index contributed by atoms with van der Waals surface area (Å²) in [6, 6.07) is 16.0. The molecule has 0 atom stereocenters. The van der Waals surface area contributed by atoms with Crippen LogP contribution >= 0.6 is 0 Å². The Morgan fingerprint density at radius 3 is 2.00 bits per heavy atom. The molecule has 0 aliphatic rings. The van der Waals surface area contributed by atoms with Gasteiger partial charge in [-0.15, -0.1) is 0 Å². The fourth-order valence-corrected chi connectivity index (χ4v) is 2.51. The smallest absolute Gasteiger partial charge is 0.236 e. The first-order valence-electron chi connectivity index (χ1n) is 7.96. The van der Waals surface area contributed by atoms with Gasteiger partial charge in [0.1, 0.15) is 5.82 Å². The minimum Gasteiger partial charge on any atom is -0.383 e. The molecule has 0 saturated carbocycles. The van der Waals surface area contributed by atoms with E-state index in [9.17, 15) is 0 Å². The lowest BCUT2D eigenvalue weighted by atomic mass is 10.1. The summed E-state index contributed by atoms with van der Waals surface area (Å²) >= 11 is 0. The lowest BCUT2D eigenvalue weighted by molar-refractivity contribution is 1.07. The van der Waals surface area contributed by atoms with Crippen LogP contribution in [0, 0.1) is 6.92 Å². The van der Waals surface area contributed by atoms with Crippen LogP contribution in [0.1, 0.15) is 16.7 Å². The molecule has 0 spiro atoms. The van der Waals surface area contributed by atoms with Gasteiger partial charge in [0.25, 0.3) is 0 Å². The average Bonchev–Trinajstić information content (AvgIpc) is 2.65. The second-order valence-corrected chi connectivity index (χ2v) is 5.67. The fourth-order valence-electron chi connectivity index (χ4n) is 2.51. The number of benzene rings is 2. The van der Waals surface area contributed by atoms with E-state index in [4.69, 9.17) is 5.73 Å². The van der Waals surface area contributed by atoms with Gasteiger partial charge in [-0.05, 0) is 42.3 Å². The number of hydrogen-bond acceptors (Lipinski definition) is 4. The molecule has 25 heavy (non-hydrogen) atoms. The molecule has 1 heterocycles. The third kappa shape index (κ3) is 3.43. The maximum Gasteiger partial charge on any atom is 0.236 e. The molecule has 0 bridgehead atoms. The monoisotopic (exact) mass is 328 g/mol. The fraction of sp³-hybridized carbons (Fsp3) is 0.0476. The number of aryl methyl sites for hydroxylation is 1. The number of anilines is 4. The molecule has 4 nitrogen and oxygen atoms in total. The minimum absolute atomic E-state index is 0.467. The Morgan fingerprint density at radius 1 is 0.960 bits per heavy atom. The number of aromatic nitrogens is 2. The highest BCUT2D eigenvalue weighted by molar-refractivity contribution is 5.76. The van der Waals surface area contributed by atoms with Gasteiger partial charge < -0.3 is 5.73 Å². The number of nitrogens with two attached hydrogens (primary N) is 1. The van der Waals surface area contributed by atoms with E-state index >= 15 is 0 Å². The Labute approximate surface area is 148 Å². The first-order chi connectivity index (χ1) is 12.1. The Kier molecular flexibility index (Phi) is 4.61. The molecule has 2 aromatic carbocycles. The lowest BCUT2D eigenvalue weighted by Crippen LogP contribution is -2.14. The van der Waals surface area contributed by atoms with Crippen molar-refractivity contribution in [3.8, 4) is 0 Å². The van der Waals surface area contributed by atoms with Crippen molar-refractivity contribution in [3.63, 3.8) is 0 Å². The zero-order valence-corrected chi connectivity index (χ0v) is 14.2. The van der Waals surface area contributed by atoms with Crippen molar-refractivity contribution in [2.24, 2.45) is 0 Å². The largest absolute Gasteiger partial charge is 0.383 e. The summed E-state index contributed by atoms with van der Waals surface area (Å²) in [5, 5.41) is 0. The summed E-state index contributed by atoms with van der Waals surface area (Å²) in [5.41, 5.74) is 10.8.